The monoisotopic (exact) mass is 601 g/mol. The number of hydrogen-bond donors (Lipinski definition) is 0. The van der Waals surface area contributed by atoms with E-state index < -0.39 is 11.2 Å². The van der Waals surface area contributed by atoms with Crippen LogP contribution in [0.25, 0.3) is 0 Å². The third-order valence-corrected chi connectivity index (χ3v) is 8.79. The minimum Gasteiger partial charge on any atom is -0.476 e. The maximum atomic E-state index is 13.8. The second-order valence-corrected chi connectivity index (χ2v) is 14.2. The lowest BCUT2D eigenvalue weighted by Gasteiger charge is -2.30. The first-order valence-corrected chi connectivity index (χ1v) is 16.5. The van der Waals surface area contributed by atoms with E-state index in [-0.39, 0.29) is 23.6 Å². The molecular weight excluding hydrogens is 554 g/mol. The zero-order valence-electron chi connectivity index (χ0n) is 27.0. The Balaban J connectivity index is 1.49. The Morgan fingerprint density at radius 1 is 0.884 bits per heavy atom. The van der Waals surface area contributed by atoms with Gasteiger partial charge in [-0.3, -0.25) is 9.69 Å². The van der Waals surface area contributed by atoms with Gasteiger partial charge in [-0.2, -0.15) is 0 Å². The Kier molecular flexibility index (Phi) is 10.4. The van der Waals surface area contributed by atoms with Gasteiger partial charge in [0.05, 0.1) is 0 Å². The van der Waals surface area contributed by atoms with E-state index in [4.69, 9.17) is 9.47 Å². The number of benzene rings is 3. The SMILES string of the molecule is CSc1ccc(C(=O)[C@H]2CN(Cc3ccccc3)CC2CCc2cc(C)c(OC(C)(C)C(=O)OC(C)(C)C)c(C)c2)cc1. The lowest BCUT2D eigenvalue weighted by Crippen LogP contribution is -2.43. The molecule has 2 atom stereocenters. The van der Waals surface area contributed by atoms with Crippen molar-refractivity contribution in [2.24, 2.45) is 11.8 Å². The number of carbonyl (C=O) groups excluding carboxylic acids is 2. The smallest absolute Gasteiger partial charge is 0.350 e. The minimum absolute atomic E-state index is 0.0386. The second kappa shape index (κ2) is 13.7. The molecule has 0 spiro atoms. The van der Waals surface area contributed by atoms with Crippen LogP contribution in [0, 0.1) is 25.7 Å². The molecular formula is C37H47NO4S. The predicted molar refractivity (Wildman–Crippen MR) is 176 cm³/mol. The van der Waals surface area contributed by atoms with Gasteiger partial charge in [0, 0.05) is 36.0 Å². The summed E-state index contributed by atoms with van der Waals surface area (Å²) in [4.78, 5) is 30.2. The van der Waals surface area contributed by atoms with Crippen molar-refractivity contribution >= 4 is 23.5 Å². The average Bonchev–Trinajstić information content (AvgIpc) is 3.35. The fourth-order valence-electron chi connectivity index (χ4n) is 5.89. The number of ether oxygens (including phenoxy) is 2. The van der Waals surface area contributed by atoms with E-state index in [1.807, 2.05) is 65.0 Å². The van der Waals surface area contributed by atoms with Crippen LogP contribution in [0.15, 0.2) is 71.6 Å². The number of Topliss-reactive ketones (excluding diaryl/α,β-unsaturated/α-hetero) is 1. The minimum atomic E-state index is -1.11. The number of carbonyl (C=O) groups is 2. The summed E-state index contributed by atoms with van der Waals surface area (Å²) in [7, 11) is 0. The summed E-state index contributed by atoms with van der Waals surface area (Å²) in [5.41, 5.74) is 3.58. The highest BCUT2D eigenvalue weighted by atomic mass is 32.2. The Morgan fingerprint density at radius 3 is 2.09 bits per heavy atom. The standard InChI is InChI=1S/C37H47NO4S/c1-25-20-28(21-26(2)34(25)41-37(6,7)35(40)42-36(3,4)5)14-15-30-23-38(22-27-12-10-9-11-13-27)24-32(30)33(39)29-16-18-31(43-8)19-17-29/h9-13,16-21,30,32H,14-15,22-24H2,1-8H3/t30?,32-/m0/s1. The molecule has 0 N–H and O–H groups in total. The molecule has 1 fully saturated rings. The van der Waals surface area contributed by atoms with E-state index in [1.165, 1.54) is 11.1 Å². The maximum absolute atomic E-state index is 13.8. The van der Waals surface area contributed by atoms with Crippen LogP contribution in [0.1, 0.15) is 73.7 Å². The Bertz CT molecular complexity index is 1390. The van der Waals surface area contributed by atoms with Crippen LogP contribution in [0.3, 0.4) is 0 Å². The lowest BCUT2D eigenvalue weighted by molar-refractivity contribution is -0.171. The molecule has 1 saturated heterocycles. The van der Waals surface area contributed by atoms with Gasteiger partial charge in [0.1, 0.15) is 11.4 Å². The summed E-state index contributed by atoms with van der Waals surface area (Å²) < 4.78 is 11.9. The van der Waals surface area contributed by atoms with Crippen molar-refractivity contribution < 1.29 is 19.1 Å². The summed E-state index contributed by atoms with van der Waals surface area (Å²) in [5, 5.41) is 0. The van der Waals surface area contributed by atoms with Crippen LogP contribution in [-0.4, -0.2) is 47.2 Å². The van der Waals surface area contributed by atoms with E-state index in [0.717, 1.165) is 59.8 Å². The number of rotatable bonds is 11. The number of esters is 1. The second-order valence-electron chi connectivity index (χ2n) is 13.4. The number of nitrogens with zero attached hydrogens (tertiary/aromatic N) is 1. The summed E-state index contributed by atoms with van der Waals surface area (Å²) in [5.74, 6) is 0.801. The van der Waals surface area contributed by atoms with Gasteiger partial charge in [0.25, 0.3) is 0 Å². The number of ketones is 1. The molecule has 5 nitrogen and oxygen atoms in total. The first-order chi connectivity index (χ1) is 20.3. The molecule has 1 unspecified atom stereocenters. The van der Waals surface area contributed by atoms with Crippen LogP contribution in [-0.2, 0) is 22.5 Å². The highest BCUT2D eigenvalue weighted by molar-refractivity contribution is 7.98. The Morgan fingerprint density at radius 2 is 1.51 bits per heavy atom. The summed E-state index contributed by atoms with van der Waals surface area (Å²) in [6.07, 6.45) is 3.85. The molecule has 0 bridgehead atoms. The molecule has 0 saturated carbocycles. The molecule has 6 heteroatoms. The molecule has 1 aliphatic rings. The van der Waals surface area contributed by atoms with Crippen molar-refractivity contribution in [3.05, 3.63) is 94.5 Å². The third kappa shape index (κ3) is 8.73. The zero-order chi connectivity index (χ0) is 31.4. The number of likely N-dealkylation sites (tertiary alicyclic amines) is 1. The van der Waals surface area contributed by atoms with Crippen LogP contribution < -0.4 is 4.74 Å². The van der Waals surface area contributed by atoms with Crippen molar-refractivity contribution in [2.45, 2.75) is 84.0 Å². The van der Waals surface area contributed by atoms with Gasteiger partial charge >= 0.3 is 5.97 Å². The van der Waals surface area contributed by atoms with Crippen LogP contribution >= 0.6 is 11.8 Å². The van der Waals surface area contributed by atoms with Gasteiger partial charge in [-0.25, -0.2) is 4.79 Å². The largest absolute Gasteiger partial charge is 0.476 e. The Hall–Kier alpha value is -3.09. The van der Waals surface area contributed by atoms with Gasteiger partial charge in [0.2, 0.25) is 0 Å². The van der Waals surface area contributed by atoms with E-state index >= 15 is 0 Å². The van der Waals surface area contributed by atoms with Crippen molar-refractivity contribution in [3.63, 3.8) is 0 Å². The molecule has 230 valence electrons. The average molecular weight is 602 g/mol. The topological polar surface area (TPSA) is 55.8 Å². The van der Waals surface area contributed by atoms with E-state index in [2.05, 4.69) is 47.6 Å². The van der Waals surface area contributed by atoms with Crippen LogP contribution in [0.2, 0.25) is 0 Å². The normalized spacial score (nSPS) is 17.6. The van der Waals surface area contributed by atoms with Gasteiger partial charge in [-0.1, -0.05) is 54.6 Å². The molecule has 0 aromatic heterocycles. The van der Waals surface area contributed by atoms with Gasteiger partial charge in [-0.15, -0.1) is 11.8 Å². The summed E-state index contributed by atoms with van der Waals surface area (Å²) in [6.45, 7) is 15.7. The molecule has 0 radical (unpaired) electrons. The third-order valence-electron chi connectivity index (χ3n) is 8.05. The highest BCUT2D eigenvalue weighted by Gasteiger charge is 2.38. The quantitative estimate of drug-likeness (QED) is 0.126. The summed E-state index contributed by atoms with van der Waals surface area (Å²) in [6, 6.07) is 22.9. The first-order valence-electron chi connectivity index (χ1n) is 15.2. The van der Waals surface area contributed by atoms with Crippen LogP contribution in [0.4, 0.5) is 0 Å². The van der Waals surface area contributed by atoms with Crippen molar-refractivity contribution in [2.75, 3.05) is 19.3 Å². The zero-order valence-corrected chi connectivity index (χ0v) is 27.8. The lowest BCUT2D eigenvalue weighted by atomic mass is 9.84. The molecule has 1 aliphatic heterocycles. The molecule has 0 amide bonds. The van der Waals surface area contributed by atoms with Crippen molar-refractivity contribution in [1.82, 2.24) is 4.90 Å². The maximum Gasteiger partial charge on any atom is 0.350 e. The molecule has 3 aromatic rings. The van der Waals surface area contributed by atoms with E-state index in [1.54, 1.807) is 25.6 Å². The predicted octanol–water partition coefficient (Wildman–Crippen LogP) is 8.09. The highest BCUT2D eigenvalue weighted by Crippen LogP contribution is 2.34. The fraction of sp³-hybridized carbons (Fsp3) is 0.459. The van der Waals surface area contributed by atoms with Crippen molar-refractivity contribution in [1.29, 1.82) is 0 Å². The molecule has 1 heterocycles. The van der Waals surface area contributed by atoms with Crippen molar-refractivity contribution in [3.8, 4) is 5.75 Å². The van der Waals surface area contributed by atoms with Gasteiger partial charge < -0.3 is 9.47 Å². The molecule has 43 heavy (non-hydrogen) atoms. The Labute approximate surface area is 262 Å². The van der Waals surface area contributed by atoms with Crippen LogP contribution in [0.5, 0.6) is 5.75 Å². The number of aryl methyl sites for hydroxylation is 3. The van der Waals surface area contributed by atoms with Gasteiger partial charge in [0.15, 0.2) is 11.4 Å². The van der Waals surface area contributed by atoms with E-state index in [0.29, 0.717) is 0 Å². The first kappa shape index (κ1) is 32.8. The van der Waals surface area contributed by atoms with Gasteiger partial charge in [-0.05, 0) is 108 Å². The summed E-state index contributed by atoms with van der Waals surface area (Å²) >= 11 is 1.69. The molecule has 0 aliphatic carbocycles. The fourth-order valence-corrected chi connectivity index (χ4v) is 6.29. The number of hydrogen-bond acceptors (Lipinski definition) is 6. The van der Waals surface area contributed by atoms with E-state index in [9.17, 15) is 9.59 Å². The molecule has 4 rings (SSSR count). The number of thioether (sulfide) groups is 1. The molecule has 3 aromatic carbocycles.